The maximum absolute atomic E-state index is 11.8. The topological polar surface area (TPSA) is 58.2 Å². The molecule has 2 amide bonds. The fraction of sp³-hybridized carbons (Fsp3) is 0.385. The maximum atomic E-state index is 11.8. The molecule has 1 aromatic rings. The van der Waals surface area contributed by atoms with E-state index in [4.69, 9.17) is 0 Å². The van der Waals surface area contributed by atoms with E-state index in [9.17, 15) is 9.59 Å². The summed E-state index contributed by atoms with van der Waals surface area (Å²) in [5, 5.41) is 5.59. The molecule has 1 fully saturated rings. The van der Waals surface area contributed by atoms with Crippen LogP contribution in [0.1, 0.15) is 29.6 Å². The summed E-state index contributed by atoms with van der Waals surface area (Å²) in [6, 6.07) is 7.45. The quantitative estimate of drug-likeness (QED) is 0.704. The number of rotatable bonds is 5. The van der Waals surface area contributed by atoms with Crippen molar-refractivity contribution in [2.45, 2.75) is 30.2 Å². The Bertz CT molecular complexity index is 458. The van der Waals surface area contributed by atoms with E-state index < -0.39 is 0 Å². The molecule has 96 valence electrons. The van der Waals surface area contributed by atoms with Gasteiger partial charge in [-0.05, 0) is 25.0 Å². The third-order valence-corrected chi connectivity index (χ3v) is 3.12. The van der Waals surface area contributed by atoms with Crippen LogP contribution in [0.25, 0.3) is 0 Å². The molecule has 4 nitrogen and oxygen atoms in total. The molecule has 5 heteroatoms. The Morgan fingerprint density at radius 2 is 2.00 bits per heavy atom. The first-order valence-electron chi connectivity index (χ1n) is 6.02. The van der Waals surface area contributed by atoms with Gasteiger partial charge in [-0.25, -0.2) is 0 Å². The maximum Gasteiger partial charge on any atom is 0.252 e. The molecule has 0 atom stereocenters. The minimum Gasteiger partial charge on any atom is -0.353 e. The van der Waals surface area contributed by atoms with E-state index in [0.29, 0.717) is 29.5 Å². The van der Waals surface area contributed by atoms with Crippen molar-refractivity contribution in [3.63, 3.8) is 0 Å². The second kappa shape index (κ2) is 5.91. The summed E-state index contributed by atoms with van der Waals surface area (Å²) in [7, 11) is 0. The van der Waals surface area contributed by atoms with E-state index in [-0.39, 0.29) is 11.8 Å². The number of hydrogen-bond donors (Lipinski definition) is 3. The molecule has 0 heterocycles. The van der Waals surface area contributed by atoms with E-state index in [1.54, 1.807) is 18.2 Å². The smallest absolute Gasteiger partial charge is 0.252 e. The molecule has 0 unspecified atom stereocenters. The Balaban J connectivity index is 1.74. The minimum atomic E-state index is -0.195. The second-order valence-corrected chi connectivity index (χ2v) is 4.85. The van der Waals surface area contributed by atoms with Crippen LogP contribution in [0.5, 0.6) is 0 Å². The molecule has 0 spiro atoms. The number of hydrogen-bond acceptors (Lipinski definition) is 3. The highest BCUT2D eigenvalue weighted by Gasteiger charge is 2.22. The largest absolute Gasteiger partial charge is 0.353 e. The molecule has 0 aromatic heterocycles. The number of nitrogens with one attached hydrogen (secondary N) is 2. The fourth-order valence-electron chi connectivity index (χ4n) is 1.58. The highest BCUT2D eigenvalue weighted by molar-refractivity contribution is 7.80. The third-order valence-electron chi connectivity index (χ3n) is 2.73. The number of benzene rings is 1. The molecule has 0 radical (unpaired) electrons. The molecule has 1 aliphatic rings. The van der Waals surface area contributed by atoms with Gasteiger partial charge in [0, 0.05) is 23.9 Å². The van der Waals surface area contributed by atoms with Crippen molar-refractivity contribution < 1.29 is 9.59 Å². The first kappa shape index (κ1) is 13.0. The SMILES string of the molecule is O=C(CCNC(=O)c1ccccc1S)NC1CC1. The lowest BCUT2D eigenvalue weighted by Gasteiger charge is -2.07. The van der Waals surface area contributed by atoms with Crippen molar-refractivity contribution >= 4 is 24.4 Å². The average Bonchev–Trinajstić information content (AvgIpc) is 3.13. The normalized spacial score (nSPS) is 14.1. The standard InChI is InChI=1S/C13H16N2O2S/c16-12(15-9-5-6-9)7-8-14-13(17)10-3-1-2-4-11(10)18/h1-4,9,18H,5-8H2,(H,14,17)(H,15,16). The van der Waals surface area contributed by atoms with Crippen molar-refractivity contribution in [1.82, 2.24) is 10.6 Å². The van der Waals surface area contributed by atoms with Gasteiger partial charge in [-0.3, -0.25) is 9.59 Å². The number of carbonyl (C=O) groups excluding carboxylic acids is 2. The van der Waals surface area contributed by atoms with Crippen LogP contribution in [0.15, 0.2) is 29.2 Å². The minimum absolute atomic E-state index is 0.00282. The lowest BCUT2D eigenvalue weighted by Crippen LogP contribution is -2.31. The third kappa shape index (κ3) is 3.77. The Morgan fingerprint density at radius 3 is 2.67 bits per heavy atom. The van der Waals surface area contributed by atoms with Gasteiger partial charge in [0.2, 0.25) is 5.91 Å². The van der Waals surface area contributed by atoms with Crippen LogP contribution in [0.4, 0.5) is 0 Å². The molecule has 1 aliphatic carbocycles. The van der Waals surface area contributed by atoms with Crippen LogP contribution in [-0.4, -0.2) is 24.4 Å². The van der Waals surface area contributed by atoms with Crippen molar-refractivity contribution in [2.75, 3.05) is 6.54 Å². The molecular formula is C13H16N2O2S. The molecule has 0 bridgehead atoms. The first-order valence-corrected chi connectivity index (χ1v) is 6.47. The van der Waals surface area contributed by atoms with E-state index in [1.165, 1.54) is 0 Å². The molecular weight excluding hydrogens is 248 g/mol. The van der Waals surface area contributed by atoms with Crippen LogP contribution >= 0.6 is 12.6 Å². The Kier molecular flexibility index (Phi) is 4.25. The van der Waals surface area contributed by atoms with Crippen LogP contribution in [0.2, 0.25) is 0 Å². The lowest BCUT2D eigenvalue weighted by molar-refractivity contribution is -0.121. The van der Waals surface area contributed by atoms with E-state index in [0.717, 1.165) is 12.8 Å². The molecule has 1 saturated carbocycles. The Labute approximate surface area is 112 Å². The van der Waals surface area contributed by atoms with Gasteiger partial charge in [0.05, 0.1) is 5.56 Å². The van der Waals surface area contributed by atoms with Crippen LogP contribution in [0.3, 0.4) is 0 Å². The summed E-state index contributed by atoms with van der Waals surface area (Å²) in [6.07, 6.45) is 2.47. The fourth-order valence-corrected chi connectivity index (χ4v) is 1.84. The monoisotopic (exact) mass is 264 g/mol. The summed E-state index contributed by atoms with van der Waals surface area (Å²) in [4.78, 5) is 23.8. The zero-order valence-electron chi connectivity index (χ0n) is 9.98. The summed E-state index contributed by atoms with van der Waals surface area (Å²) in [5.74, 6) is -0.197. The van der Waals surface area contributed by atoms with E-state index >= 15 is 0 Å². The Morgan fingerprint density at radius 1 is 1.28 bits per heavy atom. The first-order chi connectivity index (χ1) is 8.66. The number of carbonyl (C=O) groups is 2. The van der Waals surface area contributed by atoms with Gasteiger partial charge in [-0.1, -0.05) is 12.1 Å². The van der Waals surface area contributed by atoms with Crippen LogP contribution in [0, 0.1) is 0 Å². The molecule has 18 heavy (non-hydrogen) atoms. The van der Waals surface area contributed by atoms with Crippen molar-refractivity contribution in [3.8, 4) is 0 Å². The summed E-state index contributed by atoms with van der Waals surface area (Å²) in [5.41, 5.74) is 0.531. The predicted molar refractivity (Wildman–Crippen MR) is 71.8 cm³/mol. The van der Waals surface area contributed by atoms with Gasteiger partial charge in [0.15, 0.2) is 0 Å². The van der Waals surface area contributed by atoms with Crippen LogP contribution < -0.4 is 10.6 Å². The predicted octanol–water partition coefficient (Wildman–Crippen LogP) is 1.37. The number of thiol groups is 1. The summed E-state index contributed by atoms with van der Waals surface area (Å²) < 4.78 is 0. The van der Waals surface area contributed by atoms with Crippen LogP contribution in [-0.2, 0) is 4.79 Å². The molecule has 0 saturated heterocycles. The zero-order chi connectivity index (χ0) is 13.0. The van der Waals surface area contributed by atoms with Gasteiger partial charge >= 0.3 is 0 Å². The molecule has 0 aliphatic heterocycles. The highest BCUT2D eigenvalue weighted by Crippen LogP contribution is 2.18. The van der Waals surface area contributed by atoms with Crippen molar-refractivity contribution in [1.29, 1.82) is 0 Å². The van der Waals surface area contributed by atoms with Crippen molar-refractivity contribution in [2.24, 2.45) is 0 Å². The van der Waals surface area contributed by atoms with Gasteiger partial charge in [0.1, 0.15) is 0 Å². The van der Waals surface area contributed by atoms with Gasteiger partial charge in [0.25, 0.3) is 5.91 Å². The second-order valence-electron chi connectivity index (χ2n) is 4.36. The van der Waals surface area contributed by atoms with Gasteiger partial charge in [-0.15, -0.1) is 12.6 Å². The van der Waals surface area contributed by atoms with Gasteiger partial charge < -0.3 is 10.6 Å². The lowest BCUT2D eigenvalue weighted by atomic mass is 10.2. The summed E-state index contributed by atoms with van der Waals surface area (Å²) in [6.45, 7) is 0.347. The van der Waals surface area contributed by atoms with Crippen molar-refractivity contribution in [3.05, 3.63) is 29.8 Å². The Hall–Kier alpha value is -1.49. The van der Waals surface area contributed by atoms with Gasteiger partial charge in [-0.2, -0.15) is 0 Å². The number of amides is 2. The van der Waals surface area contributed by atoms with E-state index in [1.807, 2.05) is 6.07 Å². The summed E-state index contributed by atoms with van der Waals surface area (Å²) >= 11 is 4.21. The average molecular weight is 264 g/mol. The zero-order valence-corrected chi connectivity index (χ0v) is 10.9. The molecule has 2 rings (SSSR count). The van der Waals surface area contributed by atoms with E-state index in [2.05, 4.69) is 23.3 Å². The molecule has 2 N–H and O–H groups in total. The molecule has 1 aromatic carbocycles. The highest BCUT2D eigenvalue weighted by atomic mass is 32.1.